The van der Waals surface area contributed by atoms with Gasteiger partial charge in [0.15, 0.2) is 0 Å². The fourth-order valence-electron chi connectivity index (χ4n) is 3.19. The molecule has 0 bridgehead atoms. The predicted molar refractivity (Wildman–Crippen MR) is 75.9 cm³/mol. The Balaban J connectivity index is 1.74. The molecule has 1 N–H and O–H groups in total. The van der Waals surface area contributed by atoms with Crippen LogP contribution in [-0.4, -0.2) is 19.3 Å². The van der Waals surface area contributed by atoms with Crippen molar-refractivity contribution in [2.75, 3.05) is 7.11 Å². The van der Waals surface area contributed by atoms with Gasteiger partial charge in [-0.3, -0.25) is 0 Å². The van der Waals surface area contributed by atoms with E-state index in [2.05, 4.69) is 24.4 Å². The van der Waals surface area contributed by atoms with Crippen molar-refractivity contribution in [2.24, 2.45) is 0 Å². The van der Waals surface area contributed by atoms with Gasteiger partial charge in [0, 0.05) is 30.1 Å². The van der Waals surface area contributed by atoms with Crippen molar-refractivity contribution >= 4 is 0 Å². The van der Waals surface area contributed by atoms with Gasteiger partial charge in [0.05, 0.1) is 7.11 Å². The van der Waals surface area contributed by atoms with Gasteiger partial charge in [0.2, 0.25) is 0 Å². The van der Waals surface area contributed by atoms with Gasteiger partial charge in [0.25, 0.3) is 0 Å². The molecule has 0 saturated heterocycles. The Bertz CT molecular complexity index is 452. The molecule has 19 heavy (non-hydrogen) atoms. The van der Waals surface area contributed by atoms with Gasteiger partial charge in [-0.15, -0.1) is 0 Å². The summed E-state index contributed by atoms with van der Waals surface area (Å²) < 4.78 is 11.4. The molecule has 3 rings (SSSR count). The van der Waals surface area contributed by atoms with Gasteiger partial charge in [-0.25, -0.2) is 0 Å². The summed E-state index contributed by atoms with van der Waals surface area (Å²) in [4.78, 5) is 0. The van der Waals surface area contributed by atoms with Gasteiger partial charge in [0.1, 0.15) is 17.6 Å². The number of benzene rings is 1. The highest BCUT2D eigenvalue weighted by molar-refractivity contribution is 5.48. The van der Waals surface area contributed by atoms with Gasteiger partial charge >= 0.3 is 0 Å². The van der Waals surface area contributed by atoms with Crippen LogP contribution in [0.4, 0.5) is 0 Å². The van der Waals surface area contributed by atoms with Crippen molar-refractivity contribution in [3.63, 3.8) is 0 Å². The Hall–Kier alpha value is -1.22. The molecule has 104 valence electrons. The van der Waals surface area contributed by atoms with Crippen molar-refractivity contribution < 1.29 is 9.47 Å². The maximum absolute atomic E-state index is 5.84. The average molecular weight is 261 g/mol. The fraction of sp³-hybridized carbons (Fsp3) is 0.625. The van der Waals surface area contributed by atoms with E-state index in [1.807, 2.05) is 0 Å². The minimum Gasteiger partial charge on any atom is -0.496 e. The van der Waals surface area contributed by atoms with Gasteiger partial charge in [-0.2, -0.15) is 0 Å². The first-order chi connectivity index (χ1) is 9.26. The molecule has 3 heteroatoms. The highest BCUT2D eigenvalue weighted by Gasteiger charge is 2.22. The molecule has 1 aliphatic carbocycles. The van der Waals surface area contributed by atoms with E-state index < -0.39 is 0 Å². The topological polar surface area (TPSA) is 30.5 Å². The van der Waals surface area contributed by atoms with Crippen LogP contribution in [0.25, 0.3) is 0 Å². The second-order valence-electron chi connectivity index (χ2n) is 5.77. The summed E-state index contributed by atoms with van der Waals surface area (Å²) in [5, 5.41) is 3.64. The zero-order valence-corrected chi connectivity index (χ0v) is 11.9. The number of rotatable bonds is 4. The summed E-state index contributed by atoms with van der Waals surface area (Å²) in [6.07, 6.45) is 6.61. The molecule has 1 unspecified atom stereocenters. The van der Waals surface area contributed by atoms with Gasteiger partial charge < -0.3 is 14.8 Å². The molecule has 2 aliphatic rings. The first-order valence-electron chi connectivity index (χ1n) is 7.36. The Kier molecular flexibility index (Phi) is 3.65. The SMILES string of the molecule is COc1cc2c(cc1CNC1CCCC1)OC(C)C2. The minimum atomic E-state index is 0.290. The molecule has 1 atom stereocenters. The predicted octanol–water partition coefficient (Wildman–Crippen LogP) is 3.05. The van der Waals surface area contributed by atoms with Crippen LogP contribution in [0.3, 0.4) is 0 Å². The average Bonchev–Trinajstić information content (AvgIpc) is 3.02. The van der Waals surface area contributed by atoms with E-state index in [0.717, 1.165) is 24.5 Å². The van der Waals surface area contributed by atoms with Crippen LogP contribution >= 0.6 is 0 Å². The second kappa shape index (κ2) is 5.41. The largest absolute Gasteiger partial charge is 0.496 e. The summed E-state index contributed by atoms with van der Waals surface area (Å²) >= 11 is 0. The molecular formula is C16H23NO2. The Labute approximate surface area is 115 Å². The highest BCUT2D eigenvalue weighted by atomic mass is 16.5. The lowest BCUT2D eigenvalue weighted by molar-refractivity contribution is 0.254. The molecule has 1 aromatic carbocycles. The second-order valence-corrected chi connectivity index (χ2v) is 5.77. The minimum absolute atomic E-state index is 0.290. The monoisotopic (exact) mass is 261 g/mol. The third kappa shape index (κ3) is 2.71. The molecule has 1 aromatic rings. The molecule has 1 aliphatic heterocycles. The lowest BCUT2D eigenvalue weighted by atomic mass is 10.1. The Morgan fingerprint density at radius 3 is 2.84 bits per heavy atom. The van der Waals surface area contributed by atoms with Crippen LogP contribution in [-0.2, 0) is 13.0 Å². The van der Waals surface area contributed by atoms with Crippen LogP contribution < -0.4 is 14.8 Å². The van der Waals surface area contributed by atoms with E-state index in [4.69, 9.17) is 9.47 Å². The number of hydrogen-bond acceptors (Lipinski definition) is 3. The summed E-state index contributed by atoms with van der Waals surface area (Å²) in [6.45, 7) is 2.99. The van der Waals surface area contributed by atoms with E-state index in [9.17, 15) is 0 Å². The third-order valence-electron chi connectivity index (χ3n) is 4.24. The quantitative estimate of drug-likeness (QED) is 0.903. The summed E-state index contributed by atoms with van der Waals surface area (Å²) in [7, 11) is 1.75. The first-order valence-corrected chi connectivity index (χ1v) is 7.36. The van der Waals surface area contributed by atoms with Crippen LogP contribution in [0.15, 0.2) is 12.1 Å². The first kappa shape index (κ1) is 12.8. The van der Waals surface area contributed by atoms with Crippen molar-refractivity contribution in [1.82, 2.24) is 5.32 Å². The lowest BCUT2D eigenvalue weighted by Gasteiger charge is -2.15. The van der Waals surface area contributed by atoms with E-state index in [0.29, 0.717) is 6.04 Å². The standard InChI is InChI=1S/C16H23NO2/c1-11-7-12-8-15(18-2)13(9-16(12)19-11)10-17-14-5-3-4-6-14/h8-9,11,14,17H,3-7,10H2,1-2H3. The van der Waals surface area contributed by atoms with E-state index in [-0.39, 0.29) is 6.10 Å². The lowest BCUT2D eigenvalue weighted by Crippen LogP contribution is -2.25. The number of methoxy groups -OCH3 is 1. The summed E-state index contributed by atoms with van der Waals surface area (Å²) in [5.74, 6) is 2.03. The normalized spacial score (nSPS) is 22.3. The van der Waals surface area contributed by atoms with Gasteiger partial charge in [-0.05, 0) is 31.9 Å². The highest BCUT2D eigenvalue weighted by Crippen LogP contribution is 2.35. The molecule has 0 aromatic heterocycles. The Morgan fingerprint density at radius 2 is 2.11 bits per heavy atom. The molecule has 1 saturated carbocycles. The molecule has 0 radical (unpaired) electrons. The van der Waals surface area contributed by atoms with Crippen molar-refractivity contribution in [2.45, 2.75) is 57.7 Å². The molecule has 0 amide bonds. The van der Waals surface area contributed by atoms with E-state index in [1.165, 1.54) is 36.8 Å². The number of nitrogens with one attached hydrogen (secondary N) is 1. The van der Waals surface area contributed by atoms with Crippen LogP contribution in [0.5, 0.6) is 11.5 Å². The maximum Gasteiger partial charge on any atom is 0.123 e. The number of hydrogen-bond donors (Lipinski definition) is 1. The number of fused-ring (bicyclic) bond motifs is 1. The third-order valence-corrected chi connectivity index (χ3v) is 4.24. The Morgan fingerprint density at radius 1 is 1.32 bits per heavy atom. The van der Waals surface area contributed by atoms with Crippen LogP contribution in [0.1, 0.15) is 43.7 Å². The maximum atomic E-state index is 5.84. The van der Waals surface area contributed by atoms with E-state index in [1.54, 1.807) is 7.11 Å². The van der Waals surface area contributed by atoms with Crippen LogP contribution in [0, 0.1) is 0 Å². The molecule has 3 nitrogen and oxygen atoms in total. The van der Waals surface area contributed by atoms with Crippen molar-refractivity contribution in [3.05, 3.63) is 23.3 Å². The molecular weight excluding hydrogens is 238 g/mol. The zero-order valence-electron chi connectivity index (χ0n) is 11.9. The van der Waals surface area contributed by atoms with Gasteiger partial charge in [-0.1, -0.05) is 12.8 Å². The summed E-state index contributed by atoms with van der Waals surface area (Å²) in [5.41, 5.74) is 2.48. The fourth-order valence-corrected chi connectivity index (χ4v) is 3.19. The summed E-state index contributed by atoms with van der Waals surface area (Å²) in [6, 6.07) is 4.97. The smallest absolute Gasteiger partial charge is 0.123 e. The van der Waals surface area contributed by atoms with Crippen LogP contribution in [0.2, 0.25) is 0 Å². The molecule has 1 fully saturated rings. The van der Waals surface area contributed by atoms with E-state index >= 15 is 0 Å². The molecule has 1 heterocycles. The number of ether oxygens (including phenoxy) is 2. The molecule has 0 spiro atoms. The van der Waals surface area contributed by atoms with Crippen molar-refractivity contribution in [1.29, 1.82) is 0 Å². The van der Waals surface area contributed by atoms with Crippen molar-refractivity contribution in [3.8, 4) is 11.5 Å². The zero-order chi connectivity index (χ0) is 13.2.